The number of aromatic amines is 1. The van der Waals surface area contributed by atoms with Gasteiger partial charge in [0.05, 0.1) is 11.7 Å². The van der Waals surface area contributed by atoms with Gasteiger partial charge in [0.1, 0.15) is 17.2 Å². The molecule has 0 saturated carbocycles. The maximum Gasteiger partial charge on any atom is 0.258 e. The molecule has 1 atom stereocenters. The molecule has 0 spiro atoms. The molecule has 1 aromatic carbocycles. The van der Waals surface area contributed by atoms with Crippen LogP contribution < -0.4 is 10.9 Å². The zero-order valence-electron chi connectivity index (χ0n) is 16.7. The number of benzene rings is 1. The van der Waals surface area contributed by atoms with E-state index < -0.39 is 0 Å². The number of fused-ring (bicyclic) bond motifs is 2. The fourth-order valence-corrected chi connectivity index (χ4v) is 4.03. The van der Waals surface area contributed by atoms with Crippen molar-refractivity contribution in [2.45, 2.75) is 32.8 Å². The molecule has 0 bridgehead atoms. The van der Waals surface area contributed by atoms with E-state index in [1.165, 1.54) is 0 Å². The molecular weight excluding hydrogens is 364 g/mol. The van der Waals surface area contributed by atoms with Gasteiger partial charge in [-0.2, -0.15) is 0 Å². The zero-order valence-corrected chi connectivity index (χ0v) is 16.7. The first-order valence-electron chi connectivity index (χ1n) is 10.1. The Bertz CT molecular complexity index is 1270. The van der Waals surface area contributed by atoms with Gasteiger partial charge in [0.25, 0.3) is 5.56 Å². The maximum absolute atomic E-state index is 12.9. The van der Waals surface area contributed by atoms with Gasteiger partial charge >= 0.3 is 0 Å². The highest BCUT2D eigenvalue weighted by molar-refractivity contribution is 5.86. The Kier molecular flexibility index (Phi) is 4.36. The second-order valence-electron chi connectivity index (χ2n) is 7.86. The number of ether oxygens (including phenoxy) is 1. The van der Waals surface area contributed by atoms with Crippen LogP contribution in [0.15, 0.2) is 47.4 Å². The number of rotatable bonds is 4. The van der Waals surface area contributed by atoms with E-state index in [2.05, 4.69) is 23.3 Å². The number of hydrogen-bond donors (Lipinski definition) is 2. The van der Waals surface area contributed by atoms with E-state index in [4.69, 9.17) is 9.72 Å². The Balaban J connectivity index is 1.67. The molecular formula is C23H24N4O2. The lowest BCUT2D eigenvalue weighted by atomic mass is 10.1. The smallest absolute Gasteiger partial charge is 0.258 e. The highest BCUT2D eigenvalue weighted by Crippen LogP contribution is 2.29. The third-order valence-electron chi connectivity index (χ3n) is 5.54. The van der Waals surface area contributed by atoms with Crippen LogP contribution in [0.4, 0.5) is 5.82 Å². The van der Waals surface area contributed by atoms with Crippen LogP contribution in [0, 0.1) is 13.8 Å². The first-order chi connectivity index (χ1) is 14.1. The number of nitrogens with zero attached hydrogens (tertiary/aromatic N) is 2. The summed E-state index contributed by atoms with van der Waals surface area (Å²) in [6.45, 7) is 5.61. The number of anilines is 1. The zero-order chi connectivity index (χ0) is 20.0. The fraction of sp³-hybridized carbons (Fsp3) is 0.304. The van der Waals surface area contributed by atoms with Crippen LogP contribution in [-0.2, 0) is 4.74 Å². The first-order valence-corrected chi connectivity index (χ1v) is 10.1. The van der Waals surface area contributed by atoms with Gasteiger partial charge in [-0.15, -0.1) is 0 Å². The topological polar surface area (TPSA) is 71.4 Å². The van der Waals surface area contributed by atoms with Gasteiger partial charge in [0.2, 0.25) is 0 Å². The Hall–Kier alpha value is -3.12. The van der Waals surface area contributed by atoms with Crippen LogP contribution in [0.1, 0.15) is 24.0 Å². The number of pyridine rings is 2. The van der Waals surface area contributed by atoms with Gasteiger partial charge in [0, 0.05) is 24.9 Å². The third-order valence-corrected chi connectivity index (χ3v) is 5.54. The molecule has 0 amide bonds. The molecule has 4 heterocycles. The van der Waals surface area contributed by atoms with Crippen molar-refractivity contribution in [3.63, 3.8) is 0 Å². The molecule has 5 rings (SSSR count). The number of nitrogens with one attached hydrogen (secondary N) is 2. The van der Waals surface area contributed by atoms with E-state index in [-0.39, 0.29) is 11.7 Å². The summed E-state index contributed by atoms with van der Waals surface area (Å²) < 4.78 is 7.79. The number of aryl methyl sites for hydroxylation is 2. The number of hydrogen-bond acceptors (Lipinski definition) is 4. The summed E-state index contributed by atoms with van der Waals surface area (Å²) >= 11 is 0. The van der Waals surface area contributed by atoms with E-state index in [1.807, 2.05) is 47.9 Å². The number of imidazole rings is 1. The summed E-state index contributed by atoms with van der Waals surface area (Å²) in [6, 6.07) is 12.0. The molecule has 0 aliphatic carbocycles. The molecule has 1 saturated heterocycles. The van der Waals surface area contributed by atoms with Gasteiger partial charge in [0.15, 0.2) is 0 Å². The normalized spacial score (nSPS) is 16.7. The average Bonchev–Trinajstić information content (AvgIpc) is 3.33. The predicted octanol–water partition coefficient (Wildman–Crippen LogP) is 4.05. The van der Waals surface area contributed by atoms with Crippen LogP contribution in [0.5, 0.6) is 0 Å². The van der Waals surface area contributed by atoms with Crippen LogP contribution in [-0.4, -0.2) is 33.6 Å². The molecule has 148 valence electrons. The lowest BCUT2D eigenvalue weighted by molar-refractivity contribution is 0.120. The minimum absolute atomic E-state index is 0.137. The molecule has 1 unspecified atom stereocenters. The minimum atomic E-state index is -0.137. The van der Waals surface area contributed by atoms with Crippen molar-refractivity contribution in [1.82, 2.24) is 14.4 Å². The van der Waals surface area contributed by atoms with E-state index >= 15 is 0 Å². The summed E-state index contributed by atoms with van der Waals surface area (Å²) in [7, 11) is 0. The summed E-state index contributed by atoms with van der Waals surface area (Å²) in [4.78, 5) is 20.7. The molecule has 3 aromatic heterocycles. The van der Waals surface area contributed by atoms with Crippen LogP contribution in [0.25, 0.3) is 27.8 Å². The molecule has 6 heteroatoms. The summed E-state index contributed by atoms with van der Waals surface area (Å²) in [6.07, 6.45) is 4.38. The predicted molar refractivity (Wildman–Crippen MR) is 116 cm³/mol. The van der Waals surface area contributed by atoms with Crippen molar-refractivity contribution in [2.24, 2.45) is 0 Å². The van der Waals surface area contributed by atoms with Crippen molar-refractivity contribution < 1.29 is 4.74 Å². The largest absolute Gasteiger partial charge is 0.376 e. The molecule has 0 radical (unpaired) electrons. The fourth-order valence-electron chi connectivity index (χ4n) is 4.03. The Labute approximate surface area is 168 Å². The van der Waals surface area contributed by atoms with E-state index in [9.17, 15) is 4.79 Å². The SMILES string of the molecule is Cc1ccc2[nH]c(=O)c(-c3nc4ccc(C)cn4c3NCC3CCCO3)cc2c1. The molecule has 6 nitrogen and oxygen atoms in total. The van der Waals surface area contributed by atoms with Gasteiger partial charge in [-0.1, -0.05) is 17.7 Å². The molecule has 2 N–H and O–H groups in total. The van der Waals surface area contributed by atoms with E-state index in [1.54, 1.807) is 0 Å². The molecule has 1 aliphatic rings. The summed E-state index contributed by atoms with van der Waals surface area (Å²) in [5.41, 5.74) is 5.02. The standard InChI is InChI=1S/C23H24N4O2/c1-14-5-7-19-16(10-14)11-18(23(28)25-19)21-22(24-12-17-4-3-9-29-17)27-13-15(2)6-8-20(27)26-21/h5-8,10-11,13,17,24H,3-4,9,12H2,1-2H3,(H,25,28). The van der Waals surface area contributed by atoms with E-state index in [0.29, 0.717) is 17.8 Å². The van der Waals surface area contributed by atoms with Crippen LogP contribution in [0.2, 0.25) is 0 Å². The first kappa shape index (κ1) is 17.9. The van der Waals surface area contributed by atoms with Gasteiger partial charge < -0.3 is 15.0 Å². The van der Waals surface area contributed by atoms with Crippen molar-refractivity contribution in [2.75, 3.05) is 18.5 Å². The lowest BCUT2D eigenvalue weighted by Crippen LogP contribution is -2.20. The monoisotopic (exact) mass is 388 g/mol. The molecule has 29 heavy (non-hydrogen) atoms. The Morgan fingerprint density at radius 3 is 2.90 bits per heavy atom. The summed E-state index contributed by atoms with van der Waals surface area (Å²) in [5.74, 6) is 0.830. The van der Waals surface area contributed by atoms with Gasteiger partial charge in [-0.25, -0.2) is 4.98 Å². The molecule has 4 aromatic rings. The van der Waals surface area contributed by atoms with Gasteiger partial charge in [-0.3, -0.25) is 9.20 Å². The highest BCUT2D eigenvalue weighted by Gasteiger charge is 2.20. The van der Waals surface area contributed by atoms with Crippen LogP contribution in [0.3, 0.4) is 0 Å². The van der Waals surface area contributed by atoms with Crippen molar-refractivity contribution in [3.8, 4) is 11.3 Å². The minimum Gasteiger partial charge on any atom is -0.376 e. The molecule has 1 aliphatic heterocycles. The average molecular weight is 388 g/mol. The number of aromatic nitrogens is 3. The van der Waals surface area contributed by atoms with Crippen molar-refractivity contribution in [3.05, 3.63) is 64.1 Å². The Morgan fingerprint density at radius 1 is 1.21 bits per heavy atom. The number of H-pyrrole nitrogens is 1. The van der Waals surface area contributed by atoms with E-state index in [0.717, 1.165) is 52.9 Å². The van der Waals surface area contributed by atoms with Crippen molar-refractivity contribution >= 4 is 22.4 Å². The quantitative estimate of drug-likeness (QED) is 0.553. The maximum atomic E-state index is 12.9. The third kappa shape index (κ3) is 3.29. The second kappa shape index (κ2) is 7.04. The second-order valence-corrected chi connectivity index (χ2v) is 7.86. The van der Waals surface area contributed by atoms with Gasteiger partial charge in [-0.05, 0) is 61.9 Å². The Morgan fingerprint density at radius 2 is 2.07 bits per heavy atom. The van der Waals surface area contributed by atoms with Crippen LogP contribution >= 0.6 is 0 Å². The highest BCUT2D eigenvalue weighted by atomic mass is 16.5. The van der Waals surface area contributed by atoms with Crippen molar-refractivity contribution in [1.29, 1.82) is 0 Å². The lowest BCUT2D eigenvalue weighted by Gasteiger charge is -2.13. The summed E-state index contributed by atoms with van der Waals surface area (Å²) in [5, 5.41) is 4.51. The molecule has 1 fully saturated rings.